The highest BCUT2D eigenvalue weighted by atomic mass is 35.5. The second-order valence-electron chi connectivity index (χ2n) is 6.53. The molecule has 0 heterocycles. The topological polar surface area (TPSA) is 97.3 Å². The molecule has 2 aromatic carbocycles. The van der Waals surface area contributed by atoms with E-state index < -0.39 is 22.5 Å². The number of hydrogen-bond acceptors (Lipinski definition) is 6. The van der Waals surface area contributed by atoms with Gasteiger partial charge in [0.25, 0.3) is 5.91 Å². The zero-order valence-corrected chi connectivity index (χ0v) is 19.2. The summed E-state index contributed by atoms with van der Waals surface area (Å²) in [5, 5.41) is 4.38. The van der Waals surface area contributed by atoms with E-state index in [1.165, 1.54) is 18.3 Å². The first-order valence-electron chi connectivity index (χ1n) is 9.69. The van der Waals surface area contributed by atoms with Gasteiger partial charge in [-0.15, -0.1) is 0 Å². The van der Waals surface area contributed by atoms with Crippen LogP contribution >= 0.6 is 11.6 Å². The van der Waals surface area contributed by atoms with Crippen molar-refractivity contribution in [3.05, 3.63) is 53.1 Å². The number of hydrazone groups is 1. The lowest BCUT2D eigenvalue weighted by molar-refractivity contribution is -0.119. The van der Waals surface area contributed by atoms with Crippen LogP contribution in [0.15, 0.2) is 47.6 Å². The van der Waals surface area contributed by atoms with E-state index in [-0.39, 0.29) is 0 Å². The summed E-state index contributed by atoms with van der Waals surface area (Å²) < 4.78 is 36.4. The van der Waals surface area contributed by atoms with Gasteiger partial charge in [-0.3, -0.25) is 9.10 Å². The summed E-state index contributed by atoms with van der Waals surface area (Å²) in [5.74, 6) is 0.624. The predicted octanol–water partition coefficient (Wildman–Crippen LogP) is 3.44. The highest BCUT2D eigenvalue weighted by Gasteiger charge is 2.20. The van der Waals surface area contributed by atoms with Crippen molar-refractivity contribution >= 4 is 39.4 Å². The van der Waals surface area contributed by atoms with E-state index in [0.29, 0.717) is 41.0 Å². The number of carbonyl (C=O) groups is 1. The fourth-order valence-electron chi connectivity index (χ4n) is 2.56. The number of sulfonamides is 1. The molecule has 1 amide bonds. The summed E-state index contributed by atoms with van der Waals surface area (Å²) in [6.07, 6.45) is 3.34. The molecule has 0 radical (unpaired) electrons. The normalized spacial score (nSPS) is 11.4. The maximum Gasteiger partial charge on any atom is 0.260 e. The van der Waals surface area contributed by atoms with Gasteiger partial charge in [0, 0.05) is 5.02 Å². The summed E-state index contributed by atoms with van der Waals surface area (Å²) in [4.78, 5) is 12.3. The average molecular weight is 468 g/mol. The zero-order chi connectivity index (χ0) is 22.9. The molecule has 1 N–H and O–H groups in total. The Labute approximate surface area is 187 Å². The molecular weight excluding hydrogens is 442 g/mol. The average Bonchev–Trinajstić information content (AvgIpc) is 2.72. The van der Waals surface area contributed by atoms with Gasteiger partial charge in [0.15, 0.2) is 11.5 Å². The van der Waals surface area contributed by atoms with Crippen molar-refractivity contribution in [1.29, 1.82) is 0 Å². The van der Waals surface area contributed by atoms with E-state index in [4.69, 9.17) is 21.1 Å². The molecule has 10 heteroatoms. The third-order valence-corrected chi connectivity index (χ3v) is 5.33. The summed E-state index contributed by atoms with van der Waals surface area (Å²) in [7, 11) is -3.68. The molecule has 0 unspecified atom stereocenters. The van der Waals surface area contributed by atoms with Crippen LogP contribution in [0.5, 0.6) is 11.5 Å². The Morgan fingerprint density at radius 2 is 1.84 bits per heavy atom. The molecule has 0 spiro atoms. The standard InChI is InChI=1S/C21H26ClN3O5S/c1-4-12-30-19-11-6-16(13-20(19)29-5-2)14-23-24-21(26)15-25(31(3,27)28)18-9-7-17(22)8-10-18/h6-11,13-14H,4-5,12,15H2,1-3H3,(H,24,26)/b23-14-. The van der Waals surface area contributed by atoms with Crippen LogP contribution in [0.25, 0.3) is 0 Å². The maximum atomic E-state index is 12.3. The van der Waals surface area contributed by atoms with E-state index in [9.17, 15) is 13.2 Å². The fraction of sp³-hybridized carbons (Fsp3) is 0.333. The molecule has 0 aromatic heterocycles. The van der Waals surface area contributed by atoms with Crippen molar-refractivity contribution in [1.82, 2.24) is 5.43 Å². The van der Waals surface area contributed by atoms with Crippen LogP contribution < -0.4 is 19.2 Å². The summed E-state index contributed by atoms with van der Waals surface area (Å²) in [5.41, 5.74) is 3.36. The van der Waals surface area contributed by atoms with Gasteiger partial charge in [-0.05, 0) is 61.4 Å². The highest BCUT2D eigenvalue weighted by Crippen LogP contribution is 2.28. The molecule has 0 atom stereocenters. The number of ether oxygens (including phenoxy) is 2. The Balaban J connectivity index is 2.06. The monoisotopic (exact) mass is 467 g/mol. The summed E-state index contributed by atoms with van der Waals surface area (Å²) in [6.45, 7) is 4.52. The molecule has 8 nitrogen and oxygen atoms in total. The van der Waals surface area contributed by atoms with Crippen LogP contribution in [0, 0.1) is 0 Å². The van der Waals surface area contributed by atoms with Gasteiger partial charge in [0.05, 0.1) is 31.4 Å². The Morgan fingerprint density at radius 1 is 1.13 bits per heavy atom. The van der Waals surface area contributed by atoms with Gasteiger partial charge in [0.1, 0.15) is 6.54 Å². The molecule has 0 aliphatic heterocycles. The number of carbonyl (C=O) groups excluding carboxylic acids is 1. The van der Waals surface area contributed by atoms with Crippen molar-refractivity contribution in [2.24, 2.45) is 5.10 Å². The van der Waals surface area contributed by atoms with Crippen molar-refractivity contribution in [3.8, 4) is 11.5 Å². The van der Waals surface area contributed by atoms with E-state index in [1.54, 1.807) is 30.3 Å². The first-order valence-corrected chi connectivity index (χ1v) is 11.9. The number of anilines is 1. The van der Waals surface area contributed by atoms with E-state index >= 15 is 0 Å². The van der Waals surface area contributed by atoms with Crippen LogP contribution in [0.2, 0.25) is 5.02 Å². The molecule has 0 aliphatic rings. The zero-order valence-electron chi connectivity index (χ0n) is 17.7. The molecular formula is C21H26ClN3O5S. The molecule has 0 saturated heterocycles. The van der Waals surface area contributed by atoms with Crippen molar-refractivity contribution in [2.75, 3.05) is 30.3 Å². The molecule has 168 valence electrons. The molecule has 31 heavy (non-hydrogen) atoms. The molecule has 0 aliphatic carbocycles. The van der Waals surface area contributed by atoms with E-state index in [1.807, 2.05) is 13.8 Å². The van der Waals surface area contributed by atoms with Crippen LogP contribution in [0.3, 0.4) is 0 Å². The minimum absolute atomic E-state index is 0.329. The number of benzene rings is 2. The van der Waals surface area contributed by atoms with Crippen LogP contribution in [0.4, 0.5) is 5.69 Å². The number of amides is 1. The van der Waals surface area contributed by atoms with Gasteiger partial charge in [-0.1, -0.05) is 18.5 Å². The lowest BCUT2D eigenvalue weighted by Gasteiger charge is -2.21. The first-order chi connectivity index (χ1) is 14.7. The largest absolute Gasteiger partial charge is 0.490 e. The van der Waals surface area contributed by atoms with Crippen LogP contribution in [-0.2, 0) is 14.8 Å². The fourth-order valence-corrected chi connectivity index (χ4v) is 3.54. The van der Waals surface area contributed by atoms with Crippen LogP contribution in [-0.4, -0.2) is 46.6 Å². The Bertz CT molecular complexity index is 1010. The third-order valence-electron chi connectivity index (χ3n) is 3.93. The quantitative estimate of drug-likeness (QED) is 0.403. The summed E-state index contributed by atoms with van der Waals surface area (Å²) in [6, 6.07) is 11.5. The number of hydrogen-bond donors (Lipinski definition) is 1. The Hall–Kier alpha value is -2.78. The molecule has 0 fully saturated rings. The minimum atomic E-state index is -3.68. The second-order valence-corrected chi connectivity index (χ2v) is 8.87. The number of nitrogens with one attached hydrogen (secondary N) is 1. The Morgan fingerprint density at radius 3 is 2.45 bits per heavy atom. The predicted molar refractivity (Wildman–Crippen MR) is 123 cm³/mol. The molecule has 2 aromatic rings. The number of halogens is 1. The second kappa shape index (κ2) is 11.6. The van der Waals surface area contributed by atoms with E-state index in [0.717, 1.165) is 17.0 Å². The Kier molecular flexibility index (Phi) is 9.14. The van der Waals surface area contributed by atoms with Gasteiger partial charge >= 0.3 is 0 Å². The van der Waals surface area contributed by atoms with Gasteiger partial charge in [-0.2, -0.15) is 5.10 Å². The maximum absolute atomic E-state index is 12.3. The van der Waals surface area contributed by atoms with Gasteiger partial charge in [0.2, 0.25) is 10.0 Å². The first kappa shape index (κ1) is 24.5. The SMILES string of the molecule is CCCOc1ccc(/C=N\NC(=O)CN(c2ccc(Cl)cc2)S(C)(=O)=O)cc1OCC. The van der Waals surface area contributed by atoms with Gasteiger partial charge in [-0.25, -0.2) is 13.8 Å². The third kappa shape index (κ3) is 7.76. The smallest absolute Gasteiger partial charge is 0.260 e. The number of nitrogens with zero attached hydrogens (tertiary/aromatic N) is 2. The lowest BCUT2D eigenvalue weighted by atomic mass is 10.2. The van der Waals surface area contributed by atoms with Crippen LogP contribution in [0.1, 0.15) is 25.8 Å². The van der Waals surface area contributed by atoms with Crippen molar-refractivity contribution < 1.29 is 22.7 Å². The molecule has 2 rings (SSSR count). The van der Waals surface area contributed by atoms with E-state index in [2.05, 4.69) is 10.5 Å². The number of rotatable bonds is 11. The molecule has 0 bridgehead atoms. The highest BCUT2D eigenvalue weighted by molar-refractivity contribution is 7.92. The molecule has 0 saturated carbocycles. The van der Waals surface area contributed by atoms with Crippen molar-refractivity contribution in [2.45, 2.75) is 20.3 Å². The van der Waals surface area contributed by atoms with Gasteiger partial charge < -0.3 is 9.47 Å². The summed E-state index contributed by atoms with van der Waals surface area (Å²) >= 11 is 5.85. The lowest BCUT2D eigenvalue weighted by Crippen LogP contribution is -2.38. The minimum Gasteiger partial charge on any atom is -0.490 e. The van der Waals surface area contributed by atoms with Crippen molar-refractivity contribution in [3.63, 3.8) is 0 Å².